The summed E-state index contributed by atoms with van der Waals surface area (Å²) in [7, 11) is 0. The molecule has 0 atom stereocenters. The highest BCUT2D eigenvalue weighted by Crippen LogP contribution is 2.30. The van der Waals surface area contributed by atoms with Crippen molar-refractivity contribution in [2.45, 2.75) is 6.92 Å². The monoisotopic (exact) mass is 523 g/mol. The van der Waals surface area contributed by atoms with Crippen LogP contribution in [0.3, 0.4) is 0 Å². The normalized spacial score (nSPS) is 11.1. The molecule has 1 N–H and O–H groups in total. The molecule has 0 fully saturated rings. The molecule has 33 heavy (non-hydrogen) atoms. The molecule has 0 unspecified atom stereocenters. The number of anilines is 1. The molecule has 9 heteroatoms. The van der Waals surface area contributed by atoms with E-state index < -0.39 is 17.4 Å². The van der Waals surface area contributed by atoms with Crippen LogP contribution in [0, 0.1) is 0 Å². The summed E-state index contributed by atoms with van der Waals surface area (Å²) in [5.41, 5.74) is 0.896. The van der Waals surface area contributed by atoms with E-state index in [1.54, 1.807) is 42.6 Å². The van der Waals surface area contributed by atoms with Crippen molar-refractivity contribution in [2.24, 2.45) is 0 Å². The number of carbonyl (C=O) groups excluding carboxylic acids is 2. The summed E-state index contributed by atoms with van der Waals surface area (Å²) in [5.74, 6) is -1.04. The van der Waals surface area contributed by atoms with Gasteiger partial charge in [-0.2, -0.15) is 9.78 Å². The van der Waals surface area contributed by atoms with Crippen LogP contribution in [0.15, 0.2) is 75.3 Å². The highest BCUT2D eigenvalue weighted by molar-refractivity contribution is 9.10. The van der Waals surface area contributed by atoms with Gasteiger partial charge in [0.1, 0.15) is 5.00 Å². The number of amides is 1. The molecule has 0 aliphatic heterocycles. The maximum absolute atomic E-state index is 13.4. The van der Waals surface area contributed by atoms with E-state index in [0.29, 0.717) is 16.1 Å². The van der Waals surface area contributed by atoms with Gasteiger partial charge in [0.15, 0.2) is 5.69 Å². The number of ether oxygens (including phenoxy) is 1. The molecule has 0 bridgehead atoms. The van der Waals surface area contributed by atoms with Crippen molar-refractivity contribution in [1.82, 2.24) is 9.78 Å². The lowest BCUT2D eigenvalue weighted by Crippen LogP contribution is -2.25. The van der Waals surface area contributed by atoms with Crippen molar-refractivity contribution >= 4 is 61.0 Å². The van der Waals surface area contributed by atoms with Gasteiger partial charge in [0.05, 0.1) is 17.7 Å². The van der Waals surface area contributed by atoms with Gasteiger partial charge in [-0.05, 0) is 42.8 Å². The molecule has 0 aliphatic rings. The van der Waals surface area contributed by atoms with Crippen LogP contribution < -0.4 is 10.9 Å². The first-order chi connectivity index (χ1) is 16.0. The quantitative estimate of drug-likeness (QED) is 0.282. The molecule has 2 aromatic carbocycles. The number of hydrogen-bond acceptors (Lipinski definition) is 6. The van der Waals surface area contributed by atoms with Crippen LogP contribution in [0.5, 0.6) is 0 Å². The van der Waals surface area contributed by atoms with Gasteiger partial charge in [-0.3, -0.25) is 9.59 Å². The molecule has 166 valence electrons. The van der Waals surface area contributed by atoms with E-state index in [1.165, 1.54) is 6.08 Å². The van der Waals surface area contributed by atoms with E-state index in [2.05, 4.69) is 26.3 Å². The summed E-state index contributed by atoms with van der Waals surface area (Å²) in [5, 5.41) is 9.52. The molecule has 0 radical (unpaired) electrons. The Kier molecular flexibility index (Phi) is 6.81. The third kappa shape index (κ3) is 4.94. The Hall–Kier alpha value is -3.56. The van der Waals surface area contributed by atoms with Gasteiger partial charge in [0.25, 0.3) is 5.56 Å². The smallest absolute Gasteiger partial charge is 0.359 e. The van der Waals surface area contributed by atoms with Crippen LogP contribution in [0.4, 0.5) is 5.00 Å². The van der Waals surface area contributed by atoms with Crippen LogP contribution >= 0.6 is 27.3 Å². The third-order valence-electron chi connectivity index (χ3n) is 4.66. The van der Waals surface area contributed by atoms with Gasteiger partial charge in [-0.1, -0.05) is 46.3 Å². The predicted octanol–water partition coefficient (Wildman–Crippen LogP) is 5.04. The van der Waals surface area contributed by atoms with Gasteiger partial charge in [0.2, 0.25) is 5.91 Å². The zero-order valence-electron chi connectivity index (χ0n) is 17.4. The van der Waals surface area contributed by atoms with Crippen molar-refractivity contribution in [2.75, 3.05) is 11.9 Å². The minimum Gasteiger partial charge on any atom is -0.461 e. The summed E-state index contributed by atoms with van der Waals surface area (Å²) in [4.78, 5) is 38.5. The zero-order chi connectivity index (χ0) is 23.4. The lowest BCUT2D eigenvalue weighted by molar-refractivity contribution is -0.111. The largest absolute Gasteiger partial charge is 0.461 e. The van der Waals surface area contributed by atoms with Gasteiger partial charge >= 0.3 is 5.97 Å². The number of aromatic nitrogens is 2. The molecule has 7 nitrogen and oxygen atoms in total. The SMILES string of the molecule is CCOC(=O)c1nn(-c2ccc(Br)cc2)c(=O)c2c(NC(=O)/C=C/c3ccccc3)scc12. The molecular formula is C24H18BrN3O4S. The summed E-state index contributed by atoms with van der Waals surface area (Å²) in [6, 6.07) is 16.3. The first kappa shape index (κ1) is 22.6. The van der Waals surface area contributed by atoms with Crippen molar-refractivity contribution in [1.29, 1.82) is 0 Å². The molecular weight excluding hydrogens is 506 g/mol. The average molecular weight is 524 g/mol. The van der Waals surface area contributed by atoms with Crippen LogP contribution in [0.2, 0.25) is 0 Å². The first-order valence-electron chi connectivity index (χ1n) is 9.99. The van der Waals surface area contributed by atoms with Crippen molar-refractivity contribution in [3.05, 3.63) is 92.1 Å². The maximum atomic E-state index is 13.4. The summed E-state index contributed by atoms with van der Waals surface area (Å²) >= 11 is 4.51. The van der Waals surface area contributed by atoms with E-state index in [4.69, 9.17) is 4.74 Å². The van der Waals surface area contributed by atoms with Gasteiger partial charge in [0, 0.05) is 21.3 Å². The third-order valence-corrected chi connectivity index (χ3v) is 6.08. The van der Waals surface area contributed by atoms with E-state index in [-0.39, 0.29) is 17.7 Å². The standard InChI is InChI=1S/C24H18BrN3O4S/c1-2-32-24(31)21-18-14-33-22(26-19(29)13-8-15-6-4-3-5-7-15)20(18)23(30)28(27-21)17-11-9-16(25)10-12-17/h3-14H,2H2,1H3,(H,26,29)/b13-8+. The number of hydrogen-bond donors (Lipinski definition) is 1. The van der Waals surface area contributed by atoms with Crippen LogP contribution in [0.25, 0.3) is 22.5 Å². The highest BCUT2D eigenvalue weighted by atomic mass is 79.9. The molecule has 4 aromatic rings. The second-order valence-electron chi connectivity index (χ2n) is 6.85. The van der Waals surface area contributed by atoms with E-state index >= 15 is 0 Å². The number of halogens is 1. The minimum atomic E-state index is -0.645. The van der Waals surface area contributed by atoms with Gasteiger partial charge < -0.3 is 10.1 Å². The minimum absolute atomic E-state index is 0.00550. The topological polar surface area (TPSA) is 90.3 Å². The summed E-state index contributed by atoms with van der Waals surface area (Å²) < 4.78 is 7.12. The molecule has 0 saturated heterocycles. The van der Waals surface area contributed by atoms with Crippen molar-refractivity contribution in [3.8, 4) is 5.69 Å². The molecule has 2 heterocycles. The fourth-order valence-electron chi connectivity index (χ4n) is 3.14. The molecule has 2 aromatic heterocycles. The van der Waals surface area contributed by atoms with E-state index in [9.17, 15) is 14.4 Å². The Bertz CT molecular complexity index is 1410. The van der Waals surface area contributed by atoms with Crippen LogP contribution in [-0.2, 0) is 9.53 Å². The van der Waals surface area contributed by atoms with Crippen molar-refractivity contribution in [3.63, 3.8) is 0 Å². The Balaban J connectivity index is 1.79. The molecule has 0 aliphatic carbocycles. The highest BCUT2D eigenvalue weighted by Gasteiger charge is 2.22. The molecule has 0 saturated carbocycles. The Labute approximate surface area is 201 Å². The average Bonchev–Trinajstić information content (AvgIpc) is 3.23. The summed E-state index contributed by atoms with van der Waals surface area (Å²) in [6.07, 6.45) is 3.07. The lowest BCUT2D eigenvalue weighted by atomic mass is 10.2. The number of rotatable bonds is 6. The first-order valence-corrected chi connectivity index (χ1v) is 11.7. The Morgan fingerprint density at radius 3 is 2.58 bits per heavy atom. The Morgan fingerprint density at radius 2 is 1.88 bits per heavy atom. The van der Waals surface area contributed by atoms with E-state index in [0.717, 1.165) is 26.1 Å². The fraction of sp³-hybridized carbons (Fsp3) is 0.0833. The number of fused-ring (bicyclic) bond motifs is 1. The maximum Gasteiger partial charge on any atom is 0.359 e. The van der Waals surface area contributed by atoms with E-state index in [1.807, 2.05) is 30.3 Å². The van der Waals surface area contributed by atoms with Crippen LogP contribution in [-0.4, -0.2) is 28.3 Å². The second kappa shape index (κ2) is 9.93. The predicted molar refractivity (Wildman–Crippen MR) is 133 cm³/mol. The Morgan fingerprint density at radius 1 is 1.15 bits per heavy atom. The number of thiophene rings is 1. The molecule has 0 spiro atoms. The molecule has 4 rings (SSSR count). The number of nitrogens with zero attached hydrogens (tertiary/aromatic N) is 2. The lowest BCUT2D eigenvalue weighted by Gasteiger charge is -2.09. The zero-order valence-corrected chi connectivity index (χ0v) is 19.9. The number of benzene rings is 2. The second-order valence-corrected chi connectivity index (χ2v) is 8.64. The fourth-order valence-corrected chi connectivity index (χ4v) is 4.34. The number of esters is 1. The van der Waals surface area contributed by atoms with Crippen molar-refractivity contribution < 1.29 is 14.3 Å². The number of carbonyl (C=O) groups is 2. The summed E-state index contributed by atoms with van der Waals surface area (Å²) in [6.45, 7) is 1.86. The van der Waals surface area contributed by atoms with Crippen LogP contribution in [0.1, 0.15) is 23.0 Å². The van der Waals surface area contributed by atoms with Gasteiger partial charge in [-0.25, -0.2) is 4.79 Å². The number of nitrogens with one attached hydrogen (secondary N) is 1. The van der Waals surface area contributed by atoms with Gasteiger partial charge in [-0.15, -0.1) is 11.3 Å². The molecule has 1 amide bonds.